The lowest BCUT2D eigenvalue weighted by Crippen LogP contribution is -2.16. The van der Waals surface area contributed by atoms with Crippen LogP contribution in [0.15, 0.2) is 42.6 Å². The smallest absolute Gasteiger partial charge is 0.274 e. The first-order valence-corrected chi connectivity index (χ1v) is 8.36. The highest BCUT2D eigenvalue weighted by molar-refractivity contribution is 6.03. The van der Waals surface area contributed by atoms with E-state index < -0.39 is 0 Å². The van der Waals surface area contributed by atoms with Gasteiger partial charge in [0, 0.05) is 20.3 Å². The summed E-state index contributed by atoms with van der Waals surface area (Å²) in [6.07, 6.45) is 2.59. The van der Waals surface area contributed by atoms with Crippen molar-refractivity contribution in [1.29, 1.82) is 0 Å². The number of nitrogens with zero attached hydrogens (tertiary/aromatic N) is 1. The van der Waals surface area contributed by atoms with E-state index in [2.05, 4.69) is 15.6 Å². The maximum absolute atomic E-state index is 12.4. The molecule has 0 aliphatic heterocycles. The van der Waals surface area contributed by atoms with Gasteiger partial charge in [-0.3, -0.25) is 4.79 Å². The fraction of sp³-hybridized carbons (Fsp3) is 0.368. The van der Waals surface area contributed by atoms with Gasteiger partial charge in [0.1, 0.15) is 11.4 Å². The molecular formula is C19H25N3O3. The van der Waals surface area contributed by atoms with Gasteiger partial charge >= 0.3 is 0 Å². The van der Waals surface area contributed by atoms with Crippen molar-refractivity contribution in [2.75, 3.05) is 30.9 Å². The number of pyridine rings is 1. The van der Waals surface area contributed by atoms with Crippen molar-refractivity contribution in [1.82, 2.24) is 4.98 Å². The van der Waals surface area contributed by atoms with E-state index in [4.69, 9.17) is 9.47 Å². The molecule has 0 bridgehead atoms. The number of benzene rings is 1. The van der Waals surface area contributed by atoms with E-state index in [1.54, 1.807) is 25.4 Å². The molecule has 0 radical (unpaired) electrons. The molecule has 1 aromatic carbocycles. The number of aromatic nitrogens is 1. The molecule has 0 aliphatic rings. The van der Waals surface area contributed by atoms with Crippen LogP contribution in [0.3, 0.4) is 0 Å². The van der Waals surface area contributed by atoms with E-state index in [1.807, 2.05) is 38.1 Å². The number of rotatable bonds is 9. The Kier molecular flexibility index (Phi) is 7.22. The molecule has 2 aromatic rings. The monoisotopic (exact) mass is 343 g/mol. The third-order valence-corrected chi connectivity index (χ3v) is 3.35. The third-order valence-electron chi connectivity index (χ3n) is 3.35. The zero-order chi connectivity index (χ0) is 18.1. The number of nitrogens with one attached hydrogen (secondary N) is 2. The van der Waals surface area contributed by atoms with Crippen LogP contribution in [0, 0.1) is 0 Å². The number of amides is 1. The van der Waals surface area contributed by atoms with Crippen LogP contribution >= 0.6 is 0 Å². The van der Waals surface area contributed by atoms with Crippen LogP contribution in [0.4, 0.5) is 11.4 Å². The van der Waals surface area contributed by atoms with Gasteiger partial charge in [-0.05, 0) is 44.5 Å². The number of hydrogen-bond donors (Lipinski definition) is 2. The van der Waals surface area contributed by atoms with E-state index in [0.717, 1.165) is 18.7 Å². The third kappa shape index (κ3) is 6.08. The van der Waals surface area contributed by atoms with Crippen LogP contribution in [0.2, 0.25) is 0 Å². The maximum atomic E-state index is 12.4. The Morgan fingerprint density at radius 2 is 2.00 bits per heavy atom. The van der Waals surface area contributed by atoms with Crippen LogP contribution in [0.25, 0.3) is 0 Å². The predicted molar refractivity (Wildman–Crippen MR) is 99.4 cm³/mol. The lowest BCUT2D eigenvalue weighted by atomic mass is 10.2. The van der Waals surface area contributed by atoms with E-state index in [0.29, 0.717) is 23.7 Å². The minimum absolute atomic E-state index is 0.0274. The summed E-state index contributed by atoms with van der Waals surface area (Å²) in [5.74, 6) is 0.369. The Bertz CT molecular complexity index is 672. The van der Waals surface area contributed by atoms with Gasteiger partial charge in [-0.2, -0.15) is 0 Å². The molecule has 1 heterocycles. The van der Waals surface area contributed by atoms with Crippen molar-refractivity contribution in [3.8, 4) is 5.75 Å². The molecule has 134 valence electrons. The lowest BCUT2D eigenvalue weighted by molar-refractivity contribution is 0.102. The lowest BCUT2D eigenvalue weighted by Gasteiger charge is -2.14. The van der Waals surface area contributed by atoms with E-state index in [-0.39, 0.29) is 12.0 Å². The second-order valence-corrected chi connectivity index (χ2v) is 5.82. The molecule has 0 saturated carbocycles. The largest absolute Gasteiger partial charge is 0.489 e. The number of carbonyl (C=O) groups excluding carboxylic acids is 1. The quantitative estimate of drug-likeness (QED) is 0.681. The van der Waals surface area contributed by atoms with Gasteiger partial charge in [0.2, 0.25) is 0 Å². The Hall–Kier alpha value is -2.60. The van der Waals surface area contributed by atoms with Crippen LogP contribution in [0.1, 0.15) is 30.8 Å². The first kappa shape index (κ1) is 18.7. The molecule has 1 amide bonds. The van der Waals surface area contributed by atoms with Crippen LogP contribution in [-0.2, 0) is 4.74 Å². The maximum Gasteiger partial charge on any atom is 0.274 e. The molecule has 6 nitrogen and oxygen atoms in total. The molecule has 0 atom stereocenters. The van der Waals surface area contributed by atoms with Gasteiger partial charge in [-0.25, -0.2) is 4.98 Å². The summed E-state index contributed by atoms with van der Waals surface area (Å²) in [6.45, 7) is 5.39. The number of para-hydroxylation sites is 2. The summed E-state index contributed by atoms with van der Waals surface area (Å²) in [4.78, 5) is 16.6. The summed E-state index contributed by atoms with van der Waals surface area (Å²) in [5, 5.41) is 6.08. The van der Waals surface area contributed by atoms with Gasteiger partial charge in [-0.15, -0.1) is 0 Å². The first-order valence-electron chi connectivity index (χ1n) is 8.36. The summed E-state index contributed by atoms with van der Waals surface area (Å²) in [6, 6.07) is 10.9. The van der Waals surface area contributed by atoms with Gasteiger partial charge in [-0.1, -0.05) is 12.1 Å². The summed E-state index contributed by atoms with van der Waals surface area (Å²) in [7, 11) is 1.68. The Morgan fingerprint density at radius 1 is 1.20 bits per heavy atom. The molecule has 1 aromatic heterocycles. The highest BCUT2D eigenvalue weighted by Crippen LogP contribution is 2.25. The van der Waals surface area contributed by atoms with Crippen molar-refractivity contribution in [2.24, 2.45) is 0 Å². The molecule has 2 rings (SSSR count). The molecule has 0 aliphatic carbocycles. The van der Waals surface area contributed by atoms with Gasteiger partial charge in [0.05, 0.1) is 23.7 Å². The van der Waals surface area contributed by atoms with Crippen molar-refractivity contribution >= 4 is 17.3 Å². The summed E-state index contributed by atoms with van der Waals surface area (Å²) in [5.41, 5.74) is 1.85. The van der Waals surface area contributed by atoms with Crippen LogP contribution in [-0.4, -0.2) is 37.3 Å². The van der Waals surface area contributed by atoms with Crippen molar-refractivity contribution < 1.29 is 14.3 Å². The highest BCUT2D eigenvalue weighted by atomic mass is 16.5. The van der Waals surface area contributed by atoms with Gasteiger partial charge < -0.3 is 20.1 Å². The van der Waals surface area contributed by atoms with Crippen LogP contribution in [0.5, 0.6) is 5.75 Å². The fourth-order valence-corrected chi connectivity index (χ4v) is 2.19. The number of carbonyl (C=O) groups is 1. The Morgan fingerprint density at radius 3 is 2.68 bits per heavy atom. The molecule has 0 saturated heterocycles. The Balaban J connectivity index is 1.97. The van der Waals surface area contributed by atoms with E-state index in [9.17, 15) is 4.79 Å². The first-order chi connectivity index (χ1) is 12.1. The van der Waals surface area contributed by atoms with Crippen molar-refractivity contribution in [3.63, 3.8) is 0 Å². The average Bonchev–Trinajstić information content (AvgIpc) is 2.60. The number of methoxy groups -OCH3 is 1. The van der Waals surface area contributed by atoms with Crippen molar-refractivity contribution in [2.45, 2.75) is 26.4 Å². The predicted octanol–water partition coefficient (Wildman–Crippen LogP) is 3.57. The van der Waals surface area contributed by atoms with Crippen molar-refractivity contribution in [3.05, 3.63) is 48.3 Å². The molecule has 25 heavy (non-hydrogen) atoms. The number of anilines is 2. The molecule has 6 heteroatoms. The normalized spacial score (nSPS) is 10.6. The summed E-state index contributed by atoms with van der Waals surface area (Å²) >= 11 is 0. The second kappa shape index (κ2) is 9.64. The molecule has 0 spiro atoms. The molecule has 0 unspecified atom stereocenters. The minimum Gasteiger partial charge on any atom is -0.489 e. The number of ether oxygens (including phenoxy) is 2. The highest BCUT2D eigenvalue weighted by Gasteiger charge is 2.11. The fourth-order valence-electron chi connectivity index (χ4n) is 2.19. The molecular weight excluding hydrogens is 318 g/mol. The average molecular weight is 343 g/mol. The number of hydrogen-bond acceptors (Lipinski definition) is 5. The topological polar surface area (TPSA) is 72.5 Å². The summed E-state index contributed by atoms with van der Waals surface area (Å²) < 4.78 is 10.7. The zero-order valence-corrected chi connectivity index (χ0v) is 14.9. The van der Waals surface area contributed by atoms with Gasteiger partial charge in [0.25, 0.3) is 5.91 Å². The van der Waals surface area contributed by atoms with E-state index in [1.165, 1.54) is 0 Å². The minimum atomic E-state index is -0.272. The molecule has 0 fully saturated rings. The molecule has 2 N–H and O–H groups in total. The van der Waals surface area contributed by atoms with Crippen LogP contribution < -0.4 is 15.4 Å². The van der Waals surface area contributed by atoms with E-state index >= 15 is 0 Å². The van der Waals surface area contributed by atoms with Gasteiger partial charge in [0.15, 0.2) is 0 Å². The standard InChI is InChI=1S/C19H25N3O3/c1-14(2)25-18-8-5-4-7-16(18)22-19(23)17-10-9-15(13-21-17)20-11-6-12-24-3/h4-5,7-10,13-14,20H,6,11-12H2,1-3H3,(H,22,23). The Labute approximate surface area is 148 Å². The zero-order valence-electron chi connectivity index (χ0n) is 14.9. The second-order valence-electron chi connectivity index (χ2n) is 5.82. The SMILES string of the molecule is COCCCNc1ccc(C(=O)Nc2ccccc2OC(C)C)nc1.